The Balaban J connectivity index is 1.91. The Bertz CT molecular complexity index is 774. The third-order valence-electron chi connectivity index (χ3n) is 5.03. The highest BCUT2D eigenvalue weighted by atomic mass is 19.3. The van der Waals surface area contributed by atoms with Crippen molar-refractivity contribution >= 4 is 12.0 Å². The maximum atomic E-state index is 14.4. The third-order valence-corrected chi connectivity index (χ3v) is 5.03. The van der Waals surface area contributed by atoms with E-state index in [0.717, 1.165) is 13.2 Å². The molecule has 0 bridgehead atoms. The minimum absolute atomic E-state index is 0.0279. The van der Waals surface area contributed by atoms with E-state index in [1.807, 2.05) is 0 Å². The average molecular weight is 446 g/mol. The number of aliphatic hydroxyl groups is 1. The fourth-order valence-corrected chi connectivity index (χ4v) is 3.20. The summed E-state index contributed by atoms with van der Waals surface area (Å²) in [5.41, 5.74) is -0.348. The minimum atomic E-state index is -3.53. The van der Waals surface area contributed by atoms with E-state index >= 15 is 0 Å². The second-order valence-electron chi connectivity index (χ2n) is 7.30. The molecule has 31 heavy (non-hydrogen) atoms. The Morgan fingerprint density at radius 1 is 1.29 bits per heavy atom. The van der Waals surface area contributed by atoms with Gasteiger partial charge in [0.25, 0.3) is 0 Å². The molecule has 2 N–H and O–H groups in total. The fraction of sp³-hybridized carbons (Fsp3) is 0.524. The number of halogens is 4. The van der Waals surface area contributed by atoms with Gasteiger partial charge in [-0.2, -0.15) is 8.78 Å². The van der Waals surface area contributed by atoms with Crippen LogP contribution >= 0.6 is 0 Å². The predicted molar refractivity (Wildman–Crippen MR) is 105 cm³/mol. The zero-order chi connectivity index (χ0) is 23.1. The van der Waals surface area contributed by atoms with Crippen LogP contribution in [0.3, 0.4) is 0 Å². The molecule has 0 spiro atoms. The number of esters is 1. The maximum absolute atomic E-state index is 14.4. The van der Waals surface area contributed by atoms with E-state index in [0.29, 0.717) is 0 Å². The van der Waals surface area contributed by atoms with Crippen LogP contribution in [0.2, 0.25) is 0 Å². The van der Waals surface area contributed by atoms with Gasteiger partial charge in [-0.25, -0.2) is 13.6 Å². The van der Waals surface area contributed by atoms with Gasteiger partial charge in [-0.1, -0.05) is 42.5 Å². The van der Waals surface area contributed by atoms with Crippen molar-refractivity contribution in [2.75, 3.05) is 20.2 Å². The predicted octanol–water partition coefficient (Wildman–Crippen LogP) is 3.46. The molecular formula is C21H26F4N2O4. The van der Waals surface area contributed by atoms with Crippen molar-refractivity contribution in [3.05, 3.63) is 48.0 Å². The number of methoxy groups -OCH3 is 1. The van der Waals surface area contributed by atoms with Crippen molar-refractivity contribution in [3.8, 4) is 0 Å². The van der Waals surface area contributed by atoms with Gasteiger partial charge in [0, 0.05) is 31.5 Å². The number of nitrogens with one attached hydrogen (secondary N) is 1. The molecule has 1 aromatic rings. The Morgan fingerprint density at radius 2 is 1.97 bits per heavy atom. The van der Waals surface area contributed by atoms with Crippen LogP contribution in [-0.2, 0) is 15.5 Å². The highest BCUT2D eigenvalue weighted by Crippen LogP contribution is 2.32. The van der Waals surface area contributed by atoms with Crippen LogP contribution in [-0.4, -0.2) is 60.3 Å². The summed E-state index contributed by atoms with van der Waals surface area (Å²) < 4.78 is 60.8. The molecule has 1 unspecified atom stereocenters. The molecule has 0 aromatic heterocycles. The number of ether oxygens (including phenoxy) is 1. The van der Waals surface area contributed by atoms with Crippen LogP contribution in [0.1, 0.15) is 31.2 Å². The molecule has 1 aromatic carbocycles. The van der Waals surface area contributed by atoms with Crippen LogP contribution in [0, 0.1) is 0 Å². The highest BCUT2D eigenvalue weighted by Gasteiger charge is 2.39. The number of alkyl halides is 4. The van der Waals surface area contributed by atoms with Gasteiger partial charge in [-0.15, -0.1) is 0 Å². The zero-order valence-electron chi connectivity index (χ0n) is 17.1. The number of aliphatic hydroxyl groups excluding tert-OH is 1. The molecule has 6 nitrogen and oxygen atoms in total. The molecule has 1 fully saturated rings. The summed E-state index contributed by atoms with van der Waals surface area (Å²) in [6, 6.07) is 5.68. The number of carbonyl (C=O) groups excluding carboxylic acids is 2. The lowest BCUT2D eigenvalue weighted by atomic mass is 10.0. The van der Waals surface area contributed by atoms with Gasteiger partial charge in [0.1, 0.15) is 6.10 Å². The number of hydrogen-bond donors (Lipinski definition) is 2. The minimum Gasteiger partial charge on any atom is -0.469 e. The Kier molecular flexibility index (Phi) is 8.43. The van der Waals surface area contributed by atoms with Crippen LogP contribution in [0.4, 0.5) is 22.4 Å². The number of urea groups is 1. The number of carbonyl (C=O) groups is 2. The summed E-state index contributed by atoms with van der Waals surface area (Å²) in [6.07, 6.45) is -1.59. The topological polar surface area (TPSA) is 78.9 Å². The molecule has 0 radical (unpaired) electrons. The van der Waals surface area contributed by atoms with Crippen molar-refractivity contribution in [2.24, 2.45) is 0 Å². The molecule has 1 heterocycles. The number of amides is 2. The Hall–Kier alpha value is -2.62. The number of rotatable bonds is 11. The van der Waals surface area contributed by atoms with Crippen LogP contribution in [0.25, 0.3) is 0 Å². The van der Waals surface area contributed by atoms with E-state index in [1.165, 1.54) is 35.2 Å². The van der Waals surface area contributed by atoms with E-state index < -0.39 is 55.3 Å². The van der Waals surface area contributed by atoms with Gasteiger partial charge >= 0.3 is 17.9 Å². The van der Waals surface area contributed by atoms with Gasteiger partial charge in [0.2, 0.25) is 5.92 Å². The lowest BCUT2D eigenvalue weighted by Gasteiger charge is -2.24. The molecule has 1 saturated heterocycles. The summed E-state index contributed by atoms with van der Waals surface area (Å²) in [5, 5.41) is 12.5. The second-order valence-corrected chi connectivity index (χ2v) is 7.30. The van der Waals surface area contributed by atoms with Crippen LogP contribution in [0.15, 0.2) is 42.5 Å². The Morgan fingerprint density at radius 3 is 2.61 bits per heavy atom. The fourth-order valence-electron chi connectivity index (χ4n) is 3.20. The van der Waals surface area contributed by atoms with Crippen LogP contribution in [0.5, 0.6) is 0 Å². The first kappa shape index (κ1) is 24.6. The number of benzene rings is 1. The average Bonchev–Trinajstić information content (AvgIpc) is 3.10. The van der Waals surface area contributed by atoms with E-state index in [9.17, 15) is 32.3 Å². The van der Waals surface area contributed by atoms with E-state index in [1.54, 1.807) is 6.07 Å². The van der Waals surface area contributed by atoms with E-state index in [4.69, 9.17) is 0 Å². The highest BCUT2D eigenvalue weighted by molar-refractivity contribution is 5.77. The van der Waals surface area contributed by atoms with E-state index in [-0.39, 0.29) is 25.1 Å². The second kappa shape index (κ2) is 10.6. The smallest absolute Gasteiger partial charge is 0.318 e. The first-order chi connectivity index (χ1) is 14.6. The van der Waals surface area contributed by atoms with Crippen molar-refractivity contribution in [2.45, 2.75) is 49.7 Å². The van der Waals surface area contributed by atoms with Crippen molar-refractivity contribution in [3.63, 3.8) is 0 Å². The quantitative estimate of drug-likeness (QED) is 0.310. The molecule has 2 amide bonds. The molecular weight excluding hydrogens is 420 g/mol. The molecule has 10 heteroatoms. The van der Waals surface area contributed by atoms with Crippen LogP contribution < -0.4 is 5.32 Å². The SMILES string of the molecule is COC(=O)CCC(F)(F)CCCN1C(=O)NC[C@@H]1/C=C/C(O)C(F)(F)c1ccccc1. The van der Waals surface area contributed by atoms with Crippen molar-refractivity contribution in [1.29, 1.82) is 0 Å². The van der Waals surface area contributed by atoms with Crippen molar-refractivity contribution in [1.82, 2.24) is 10.2 Å². The molecule has 0 aliphatic carbocycles. The lowest BCUT2D eigenvalue weighted by molar-refractivity contribution is -0.143. The molecule has 1 aliphatic rings. The Labute approximate surface area is 177 Å². The summed E-state index contributed by atoms with van der Waals surface area (Å²) in [6.45, 7) is 0.0809. The maximum Gasteiger partial charge on any atom is 0.318 e. The molecule has 1 aliphatic heterocycles. The largest absolute Gasteiger partial charge is 0.469 e. The molecule has 0 saturated carbocycles. The van der Waals surface area contributed by atoms with Gasteiger partial charge in [0.15, 0.2) is 0 Å². The summed E-state index contributed by atoms with van der Waals surface area (Å²) >= 11 is 0. The monoisotopic (exact) mass is 446 g/mol. The standard InChI is InChI=1S/C21H26F4N2O4/c1-31-18(29)10-12-20(22,23)11-5-13-27-16(14-26-19(27)30)8-9-17(28)21(24,25)15-6-3-2-4-7-15/h2-4,6-9,16-17,28H,5,10-14H2,1H3,(H,26,30)/b9-8+/t16-,17?/m0/s1. The summed E-state index contributed by atoms with van der Waals surface area (Å²) in [5.74, 6) is -7.35. The first-order valence-electron chi connectivity index (χ1n) is 9.85. The lowest BCUT2D eigenvalue weighted by Crippen LogP contribution is -2.35. The normalized spacial score (nSPS) is 18.3. The van der Waals surface area contributed by atoms with Gasteiger partial charge in [0.05, 0.1) is 19.6 Å². The first-order valence-corrected chi connectivity index (χ1v) is 9.85. The zero-order valence-corrected chi connectivity index (χ0v) is 17.1. The van der Waals surface area contributed by atoms with Gasteiger partial charge in [-0.05, 0) is 6.42 Å². The molecule has 2 atom stereocenters. The van der Waals surface area contributed by atoms with E-state index in [2.05, 4.69) is 10.1 Å². The molecule has 172 valence electrons. The van der Waals surface area contributed by atoms with Gasteiger partial charge < -0.3 is 20.1 Å². The van der Waals surface area contributed by atoms with Gasteiger partial charge in [-0.3, -0.25) is 4.79 Å². The number of nitrogens with zero attached hydrogens (tertiary/aromatic N) is 1. The number of hydrogen-bond acceptors (Lipinski definition) is 4. The summed E-state index contributed by atoms with van der Waals surface area (Å²) in [7, 11) is 1.12. The molecule has 2 rings (SSSR count). The summed E-state index contributed by atoms with van der Waals surface area (Å²) in [4.78, 5) is 24.2. The third kappa shape index (κ3) is 6.95. The van der Waals surface area contributed by atoms with Crippen molar-refractivity contribution < 1.29 is 37.0 Å².